The minimum Gasteiger partial charge on any atom is -0.339 e. The Labute approximate surface area is 102 Å². The normalized spacial score (nSPS) is 26.6. The molecule has 2 N–H and O–H groups in total. The fourth-order valence-corrected chi connectivity index (χ4v) is 2.41. The standard InChI is InChI=1S/C12H22N4O/c1-8(2)12-14-11(15-17-12)7-16-5-9(3)4-10(13)6-16/h8-10H,4-7,13H2,1-3H3. The molecular weight excluding hydrogens is 216 g/mol. The lowest BCUT2D eigenvalue weighted by molar-refractivity contribution is 0.153. The molecule has 1 aliphatic heterocycles. The second kappa shape index (κ2) is 5.14. The number of piperidine rings is 1. The second-order valence-electron chi connectivity index (χ2n) is 5.50. The SMILES string of the molecule is CC1CC(N)CN(Cc2noc(C(C)C)n2)C1. The summed E-state index contributed by atoms with van der Waals surface area (Å²) in [7, 11) is 0. The van der Waals surface area contributed by atoms with Crippen molar-refractivity contribution in [1.82, 2.24) is 15.0 Å². The van der Waals surface area contributed by atoms with Crippen LogP contribution in [-0.4, -0.2) is 34.2 Å². The number of nitrogens with two attached hydrogens (primary N) is 1. The van der Waals surface area contributed by atoms with Gasteiger partial charge in [0.05, 0.1) is 6.54 Å². The lowest BCUT2D eigenvalue weighted by Crippen LogP contribution is -2.45. The minimum atomic E-state index is 0.273. The van der Waals surface area contributed by atoms with Crippen molar-refractivity contribution >= 4 is 0 Å². The number of nitrogens with zero attached hydrogens (tertiary/aromatic N) is 3. The highest BCUT2D eigenvalue weighted by Gasteiger charge is 2.23. The first-order valence-electron chi connectivity index (χ1n) is 6.35. The maximum absolute atomic E-state index is 6.02. The largest absolute Gasteiger partial charge is 0.339 e. The van der Waals surface area contributed by atoms with Crippen LogP contribution in [0.1, 0.15) is 44.8 Å². The molecule has 2 heterocycles. The number of aromatic nitrogens is 2. The third-order valence-electron chi connectivity index (χ3n) is 3.11. The Morgan fingerprint density at radius 1 is 1.47 bits per heavy atom. The summed E-state index contributed by atoms with van der Waals surface area (Å²) in [6, 6.07) is 0.273. The first-order valence-corrected chi connectivity index (χ1v) is 6.35. The lowest BCUT2D eigenvalue weighted by atomic mass is 9.97. The molecule has 17 heavy (non-hydrogen) atoms. The van der Waals surface area contributed by atoms with E-state index in [2.05, 4.69) is 35.8 Å². The Morgan fingerprint density at radius 2 is 2.24 bits per heavy atom. The molecule has 1 fully saturated rings. The van der Waals surface area contributed by atoms with Gasteiger partial charge in [0.25, 0.3) is 0 Å². The summed E-state index contributed by atoms with van der Waals surface area (Å²) in [6.45, 7) is 9.08. The van der Waals surface area contributed by atoms with Gasteiger partial charge in [0, 0.05) is 25.0 Å². The zero-order valence-electron chi connectivity index (χ0n) is 10.9. The monoisotopic (exact) mass is 238 g/mol. The van der Waals surface area contributed by atoms with Crippen molar-refractivity contribution in [1.29, 1.82) is 0 Å². The molecule has 1 aromatic rings. The molecule has 2 atom stereocenters. The van der Waals surface area contributed by atoms with E-state index in [0.717, 1.165) is 31.9 Å². The van der Waals surface area contributed by atoms with Gasteiger partial charge in [0.1, 0.15) is 0 Å². The van der Waals surface area contributed by atoms with Crippen LogP contribution < -0.4 is 5.73 Å². The van der Waals surface area contributed by atoms with Crippen molar-refractivity contribution in [3.8, 4) is 0 Å². The fourth-order valence-electron chi connectivity index (χ4n) is 2.41. The summed E-state index contributed by atoms with van der Waals surface area (Å²) in [6.07, 6.45) is 1.11. The first-order chi connectivity index (χ1) is 8.04. The van der Waals surface area contributed by atoms with Gasteiger partial charge in [0.2, 0.25) is 5.89 Å². The molecule has 0 aromatic carbocycles. The maximum atomic E-state index is 6.02. The summed E-state index contributed by atoms with van der Waals surface area (Å²) >= 11 is 0. The van der Waals surface area contributed by atoms with E-state index in [9.17, 15) is 0 Å². The van der Waals surface area contributed by atoms with Gasteiger partial charge < -0.3 is 10.3 Å². The van der Waals surface area contributed by atoms with E-state index >= 15 is 0 Å². The van der Waals surface area contributed by atoms with Gasteiger partial charge in [0.15, 0.2) is 5.82 Å². The molecule has 0 radical (unpaired) electrons. The third-order valence-corrected chi connectivity index (χ3v) is 3.11. The predicted octanol–water partition coefficient (Wildman–Crippen LogP) is 1.36. The zero-order chi connectivity index (χ0) is 12.4. The molecule has 1 saturated heterocycles. The van der Waals surface area contributed by atoms with Crippen LogP contribution in [0.3, 0.4) is 0 Å². The van der Waals surface area contributed by atoms with E-state index in [1.54, 1.807) is 0 Å². The van der Waals surface area contributed by atoms with Crippen molar-refractivity contribution in [3.05, 3.63) is 11.7 Å². The van der Waals surface area contributed by atoms with Crippen molar-refractivity contribution in [2.45, 2.75) is 45.7 Å². The van der Waals surface area contributed by atoms with E-state index < -0.39 is 0 Å². The van der Waals surface area contributed by atoms with E-state index in [1.165, 1.54) is 0 Å². The van der Waals surface area contributed by atoms with Crippen molar-refractivity contribution in [3.63, 3.8) is 0 Å². The molecule has 0 saturated carbocycles. The van der Waals surface area contributed by atoms with Gasteiger partial charge in [-0.25, -0.2) is 0 Å². The number of hydrogen-bond donors (Lipinski definition) is 1. The first kappa shape index (κ1) is 12.5. The van der Waals surface area contributed by atoms with Crippen LogP contribution in [0.4, 0.5) is 0 Å². The molecule has 1 aliphatic rings. The fraction of sp³-hybridized carbons (Fsp3) is 0.833. The van der Waals surface area contributed by atoms with Gasteiger partial charge >= 0.3 is 0 Å². The Morgan fingerprint density at radius 3 is 2.82 bits per heavy atom. The van der Waals surface area contributed by atoms with Crippen LogP contribution in [0.25, 0.3) is 0 Å². The van der Waals surface area contributed by atoms with Crippen LogP contribution in [0.5, 0.6) is 0 Å². The van der Waals surface area contributed by atoms with Crippen molar-refractivity contribution in [2.75, 3.05) is 13.1 Å². The average Bonchev–Trinajstić information content (AvgIpc) is 2.64. The highest BCUT2D eigenvalue weighted by molar-refractivity contribution is 4.92. The molecule has 96 valence electrons. The smallest absolute Gasteiger partial charge is 0.229 e. The minimum absolute atomic E-state index is 0.273. The van der Waals surface area contributed by atoms with Crippen LogP contribution in [0, 0.1) is 5.92 Å². The molecule has 5 heteroatoms. The summed E-state index contributed by atoms with van der Waals surface area (Å²) in [5.74, 6) is 2.43. The predicted molar refractivity (Wildman–Crippen MR) is 65.4 cm³/mol. The van der Waals surface area contributed by atoms with Crippen molar-refractivity contribution in [2.24, 2.45) is 11.7 Å². The molecule has 0 spiro atoms. The summed E-state index contributed by atoms with van der Waals surface area (Å²) in [5, 5.41) is 4.01. The Balaban J connectivity index is 1.95. The van der Waals surface area contributed by atoms with Gasteiger partial charge in [-0.2, -0.15) is 4.98 Å². The summed E-state index contributed by atoms with van der Waals surface area (Å²) in [5.41, 5.74) is 6.02. The topological polar surface area (TPSA) is 68.2 Å². The highest BCUT2D eigenvalue weighted by atomic mass is 16.5. The van der Waals surface area contributed by atoms with Crippen LogP contribution >= 0.6 is 0 Å². The molecule has 0 bridgehead atoms. The van der Waals surface area contributed by atoms with Gasteiger partial charge in [-0.3, -0.25) is 4.90 Å². The summed E-state index contributed by atoms with van der Waals surface area (Å²) < 4.78 is 5.20. The zero-order valence-corrected chi connectivity index (χ0v) is 10.9. The summed E-state index contributed by atoms with van der Waals surface area (Å²) in [4.78, 5) is 6.71. The molecule has 0 amide bonds. The van der Waals surface area contributed by atoms with Crippen LogP contribution in [0.2, 0.25) is 0 Å². The molecule has 2 unspecified atom stereocenters. The maximum Gasteiger partial charge on any atom is 0.229 e. The molecule has 5 nitrogen and oxygen atoms in total. The lowest BCUT2D eigenvalue weighted by Gasteiger charge is -2.33. The average molecular weight is 238 g/mol. The van der Waals surface area contributed by atoms with E-state index in [4.69, 9.17) is 10.3 Å². The van der Waals surface area contributed by atoms with Gasteiger partial charge in [-0.15, -0.1) is 0 Å². The Bertz CT molecular complexity index is 353. The molecule has 1 aromatic heterocycles. The molecule has 0 aliphatic carbocycles. The van der Waals surface area contributed by atoms with Crippen LogP contribution in [0.15, 0.2) is 4.52 Å². The number of hydrogen-bond acceptors (Lipinski definition) is 5. The second-order valence-corrected chi connectivity index (χ2v) is 5.50. The third kappa shape index (κ3) is 3.26. The van der Waals surface area contributed by atoms with Crippen LogP contribution in [-0.2, 0) is 6.54 Å². The Hall–Kier alpha value is -0.940. The van der Waals surface area contributed by atoms with Gasteiger partial charge in [-0.1, -0.05) is 25.9 Å². The number of rotatable bonds is 3. The Kier molecular flexibility index (Phi) is 3.79. The van der Waals surface area contributed by atoms with E-state index in [0.29, 0.717) is 17.7 Å². The molecule has 2 rings (SSSR count). The number of likely N-dealkylation sites (tertiary alicyclic amines) is 1. The molecular formula is C12H22N4O. The van der Waals surface area contributed by atoms with E-state index in [-0.39, 0.29) is 6.04 Å². The van der Waals surface area contributed by atoms with E-state index in [1.807, 2.05) is 0 Å². The quantitative estimate of drug-likeness (QED) is 0.861. The van der Waals surface area contributed by atoms with Crippen molar-refractivity contribution < 1.29 is 4.52 Å². The highest BCUT2D eigenvalue weighted by Crippen LogP contribution is 2.17. The van der Waals surface area contributed by atoms with Gasteiger partial charge in [-0.05, 0) is 12.3 Å².